The first-order chi connectivity index (χ1) is 13.2. The van der Waals surface area contributed by atoms with E-state index >= 15 is 0 Å². The van der Waals surface area contributed by atoms with Crippen LogP contribution in [0.5, 0.6) is 11.5 Å². The Hall–Kier alpha value is -1.95. The van der Waals surface area contributed by atoms with E-state index in [0.717, 1.165) is 37.8 Å². The molecule has 2 aliphatic rings. The summed E-state index contributed by atoms with van der Waals surface area (Å²) < 4.78 is 10.6. The van der Waals surface area contributed by atoms with Gasteiger partial charge in [-0.05, 0) is 30.5 Å². The summed E-state index contributed by atoms with van der Waals surface area (Å²) in [5.74, 6) is 1.38. The monoisotopic (exact) mass is 375 g/mol. The Kier molecular flexibility index (Phi) is 7.21. The molecule has 0 spiro atoms. The van der Waals surface area contributed by atoms with Crippen LogP contribution in [-0.2, 0) is 6.54 Å². The van der Waals surface area contributed by atoms with E-state index in [9.17, 15) is 4.79 Å². The summed E-state index contributed by atoms with van der Waals surface area (Å²) in [6.45, 7) is 4.10. The number of hydrogen-bond acceptors (Lipinski definition) is 4. The molecule has 1 aromatic rings. The molecule has 6 heteroatoms. The lowest BCUT2D eigenvalue weighted by Crippen LogP contribution is -2.54. The van der Waals surface area contributed by atoms with Gasteiger partial charge < -0.3 is 19.7 Å². The molecule has 150 valence electrons. The number of nitrogens with one attached hydrogen (secondary N) is 1. The van der Waals surface area contributed by atoms with Crippen LogP contribution in [0.25, 0.3) is 0 Å². The van der Waals surface area contributed by atoms with Crippen molar-refractivity contribution in [3.8, 4) is 11.5 Å². The molecule has 1 heterocycles. The Morgan fingerprint density at radius 2 is 1.67 bits per heavy atom. The number of carbonyl (C=O) groups excluding carboxylic acids is 1. The van der Waals surface area contributed by atoms with Crippen LogP contribution in [0.1, 0.15) is 44.1 Å². The highest BCUT2D eigenvalue weighted by Gasteiger charge is 2.26. The zero-order valence-corrected chi connectivity index (χ0v) is 16.7. The number of piperazine rings is 1. The van der Waals surface area contributed by atoms with Crippen molar-refractivity contribution in [1.29, 1.82) is 0 Å². The van der Waals surface area contributed by atoms with Gasteiger partial charge in [-0.3, -0.25) is 4.90 Å². The number of ether oxygens (including phenoxy) is 2. The van der Waals surface area contributed by atoms with Gasteiger partial charge in [-0.15, -0.1) is 0 Å². The second kappa shape index (κ2) is 9.83. The third-order valence-corrected chi connectivity index (χ3v) is 5.83. The Labute approximate surface area is 162 Å². The summed E-state index contributed by atoms with van der Waals surface area (Å²) in [4.78, 5) is 17.1. The molecular formula is C21H33N3O3. The van der Waals surface area contributed by atoms with Crippen molar-refractivity contribution < 1.29 is 14.3 Å². The van der Waals surface area contributed by atoms with Gasteiger partial charge in [0.25, 0.3) is 0 Å². The molecule has 6 nitrogen and oxygen atoms in total. The van der Waals surface area contributed by atoms with Crippen molar-refractivity contribution in [2.45, 2.75) is 51.1 Å². The fourth-order valence-corrected chi connectivity index (χ4v) is 4.19. The molecule has 1 aromatic carbocycles. The zero-order chi connectivity index (χ0) is 19.1. The average Bonchev–Trinajstić information content (AvgIpc) is 3.01. The van der Waals surface area contributed by atoms with Gasteiger partial charge in [0.1, 0.15) is 0 Å². The molecule has 1 saturated heterocycles. The maximum atomic E-state index is 12.5. The molecule has 1 N–H and O–H groups in total. The van der Waals surface area contributed by atoms with E-state index in [1.165, 1.54) is 38.5 Å². The number of nitrogens with zero attached hydrogens (tertiary/aromatic N) is 2. The van der Waals surface area contributed by atoms with Gasteiger partial charge in [-0.25, -0.2) is 4.79 Å². The number of urea groups is 1. The molecule has 0 radical (unpaired) electrons. The number of carbonyl (C=O) groups is 1. The molecule has 0 bridgehead atoms. The Balaban J connectivity index is 1.45. The summed E-state index contributed by atoms with van der Waals surface area (Å²) in [6, 6.07) is 6.47. The van der Waals surface area contributed by atoms with E-state index in [0.29, 0.717) is 18.0 Å². The van der Waals surface area contributed by atoms with Crippen LogP contribution in [0.4, 0.5) is 4.79 Å². The average molecular weight is 376 g/mol. The van der Waals surface area contributed by atoms with Gasteiger partial charge in [-0.2, -0.15) is 0 Å². The minimum absolute atomic E-state index is 0.0188. The molecule has 0 atom stereocenters. The van der Waals surface area contributed by atoms with E-state index < -0.39 is 0 Å². The van der Waals surface area contributed by atoms with Crippen LogP contribution in [-0.4, -0.2) is 62.3 Å². The lowest BCUT2D eigenvalue weighted by Gasteiger charge is -2.39. The normalized spacial score (nSPS) is 19.4. The number of methoxy groups -OCH3 is 2. The van der Waals surface area contributed by atoms with Crippen LogP contribution < -0.4 is 14.8 Å². The van der Waals surface area contributed by atoms with Gasteiger partial charge >= 0.3 is 6.03 Å². The third kappa shape index (κ3) is 5.28. The molecule has 2 fully saturated rings. The lowest BCUT2D eigenvalue weighted by atomic mass is 10.1. The first kappa shape index (κ1) is 19.8. The molecule has 27 heavy (non-hydrogen) atoms. The topological polar surface area (TPSA) is 54.0 Å². The maximum absolute atomic E-state index is 12.5. The first-order valence-electron chi connectivity index (χ1n) is 10.2. The lowest BCUT2D eigenvalue weighted by molar-refractivity contribution is 0.101. The van der Waals surface area contributed by atoms with Crippen molar-refractivity contribution in [1.82, 2.24) is 15.1 Å². The Bertz CT molecular complexity index is 607. The van der Waals surface area contributed by atoms with Crippen molar-refractivity contribution in [3.63, 3.8) is 0 Å². The van der Waals surface area contributed by atoms with Gasteiger partial charge in [0, 0.05) is 38.8 Å². The fraction of sp³-hybridized carbons (Fsp3) is 0.667. The number of rotatable bonds is 5. The molecular weight excluding hydrogens is 342 g/mol. The van der Waals surface area contributed by atoms with Crippen LogP contribution in [0.3, 0.4) is 0 Å². The second-order valence-corrected chi connectivity index (χ2v) is 7.52. The number of hydrogen-bond donors (Lipinski definition) is 1. The van der Waals surface area contributed by atoms with Crippen molar-refractivity contribution in [2.24, 2.45) is 0 Å². The molecule has 0 aromatic heterocycles. The number of benzene rings is 1. The van der Waals surface area contributed by atoms with Gasteiger partial charge in [0.05, 0.1) is 14.2 Å². The van der Waals surface area contributed by atoms with Crippen LogP contribution in [0, 0.1) is 0 Å². The standard InChI is InChI=1S/C21H33N3O3/c1-26-19-10-9-17(15-20(19)27-2)16-22-21(25)24-13-11-23(12-14-24)18-7-5-3-4-6-8-18/h9-10,15,18H,3-8,11-14,16H2,1-2H3,(H,22,25). The van der Waals surface area contributed by atoms with E-state index in [1.54, 1.807) is 14.2 Å². The van der Waals surface area contributed by atoms with E-state index in [4.69, 9.17) is 9.47 Å². The van der Waals surface area contributed by atoms with Crippen LogP contribution in [0.2, 0.25) is 0 Å². The highest BCUT2D eigenvalue weighted by molar-refractivity contribution is 5.74. The highest BCUT2D eigenvalue weighted by Crippen LogP contribution is 2.27. The summed E-state index contributed by atoms with van der Waals surface area (Å²) in [6.07, 6.45) is 8.13. The summed E-state index contributed by atoms with van der Waals surface area (Å²) in [5, 5.41) is 3.03. The highest BCUT2D eigenvalue weighted by atomic mass is 16.5. The van der Waals surface area contributed by atoms with E-state index in [1.807, 2.05) is 23.1 Å². The zero-order valence-electron chi connectivity index (χ0n) is 16.7. The van der Waals surface area contributed by atoms with Gasteiger partial charge in [0.15, 0.2) is 11.5 Å². The van der Waals surface area contributed by atoms with Crippen molar-refractivity contribution >= 4 is 6.03 Å². The Morgan fingerprint density at radius 3 is 2.30 bits per heavy atom. The van der Waals surface area contributed by atoms with Gasteiger partial charge in [-0.1, -0.05) is 31.7 Å². The minimum Gasteiger partial charge on any atom is -0.493 e. The molecule has 0 unspecified atom stereocenters. The van der Waals surface area contributed by atoms with E-state index in [-0.39, 0.29) is 6.03 Å². The molecule has 1 aliphatic heterocycles. The molecule has 1 saturated carbocycles. The minimum atomic E-state index is 0.0188. The van der Waals surface area contributed by atoms with Gasteiger partial charge in [0.2, 0.25) is 0 Å². The smallest absolute Gasteiger partial charge is 0.317 e. The predicted octanol–water partition coefficient (Wildman–Crippen LogP) is 3.25. The molecule has 2 amide bonds. The van der Waals surface area contributed by atoms with Crippen LogP contribution in [0.15, 0.2) is 18.2 Å². The molecule has 3 rings (SSSR count). The summed E-state index contributed by atoms with van der Waals surface area (Å²) >= 11 is 0. The summed E-state index contributed by atoms with van der Waals surface area (Å²) in [7, 11) is 3.24. The second-order valence-electron chi connectivity index (χ2n) is 7.52. The SMILES string of the molecule is COc1ccc(CNC(=O)N2CCN(C3CCCCCC3)CC2)cc1OC. The quantitative estimate of drug-likeness (QED) is 0.803. The van der Waals surface area contributed by atoms with E-state index in [2.05, 4.69) is 10.2 Å². The largest absolute Gasteiger partial charge is 0.493 e. The predicted molar refractivity (Wildman–Crippen MR) is 106 cm³/mol. The Morgan fingerprint density at radius 1 is 1.00 bits per heavy atom. The first-order valence-corrected chi connectivity index (χ1v) is 10.2. The molecule has 1 aliphatic carbocycles. The number of amides is 2. The third-order valence-electron chi connectivity index (χ3n) is 5.83. The van der Waals surface area contributed by atoms with Crippen molar-refractivity contribution in [3.05, 3.63) is 23.8 Å². The van der Waals surface area contributed by atoms with Crippen molar-refractivity contribution in [2.75, 3.05) is 40.4 Å². The fourth-order valence-electron chi connectivity index (χ4n) is 4.19. The maximum Gasteiger partial charge on any atom is 0.317 e. The van der Waals surface area contributed by atoms with Crippen LogP contribution >= 0.6 is 0 Å². The summed E-state index contributed by atoms with van der Waals surface area (Å²) in [5.41, 5.74) is 0.998.